The maximum absolute atomic E-state index is 12.9. The van der Waals surface area contributed by atoms with E-state index in [9.17, 15) is 13.2 Å². The van der Waals surface area contributed by atoms with Crippen LogP contribution in [0.3, 0.4) is 0 Å². The van der Waals surface area contributed by atoms with Crippen molar-refractivity contribution in [1.82, 2.24) is 0 Å². The number of anilines is 2. The fourth-order valence-electron chi connectivity index (χ4n) is 3.03. The lowest BCUT2D eigenvalue weighted by atomic mass is 10.1. The Morgan fingerprint density at radius 2 is 1.58 bits per heavy atom. The third-order valence-corrected chi connectivity index (χ3v) is 6.60. The summed E-state index contributed by atoms with van der Waals surface area (Å²) in [5.41, 5.74) is 0.627. The molecule has 0 atom stereocenters. The lowest BCUT2D eigenvalue weighted by molar-refractivity contribution is 0.102. The average Bonchev–Trinajstić information content (AvgIpc) is 2.78. The molecule has 0 unspecified atom stereocenters. The molecule has 3 rings (SSSR count). The number of benzene rings is 3. The first-order chi connectivity index (χ1) is 15.7. The van der Waals surface area contributed by atoms with Crippen molar-refractivity contribution in [3.05, 3.63) is 70.2 Å². The van der Waals surface area contributed by atoms with E-state index in [2.05, 4.69) is 10.0 Å². The number of sulfonamides is 1. The minimum atomic E-state index is -4.07. The highest BCUT2D eigenvalue weighted by Crippen LogP contribution is 2.40. The Labute approximate surface area is 201 Å². The van der Waals surface area contributed by atoms with Crippen LogP contribution < -0.4 is 24.2 Å². The number of methoxy groups -OCH3 is 3. The summed E-state index contributed by atoms with van der Waals surface area (Å²) in [5.74, 6) is 0.246. The number of carbonyl (C=O) groups excluding carboxylic acids is 1. The first-order valence-corrected chi connectivity index (χ1v) is 11.6. The van der Waals surface area contributed by atoms with Gasteiger partial charge in [-0.2, -0.15) is 0 Å². The molecule has 2 N–H and O–H groups in total. The van der Waals surface area contributed by atoms with Gasteiger partial charge >= 0.3 is 0 Å². The van der Waals surface area contributed by atoms with Crippen molar-refractivity contribution in [2.75, 3.05) is 31.4 Å². The van der Waals surface area contributed by atoms with Crippen molar-refractivity contribution in [3.8, 4) is 17.2 Å². The quantitative estimate of drug-likeness (QED) is 0.438. The topological polar surface area (TPSA) is 103 Å². The largest absolute Gasteiger partial charge is 0.493 e. The normalized spacial score (nSPS) is 10.9. The van der Waals surface area contributed by atoms with E-state index in [-0.39, 0.29) is 38.4 Å². The van der Waals surface area contributed by atoms with E-state index in [0.29, 0.717) is 10.8 Å². The van der Waals surface area contributed by atoms with Crippen LogP contribution in [0.15, 0.2) is 59.5 Å². The van der Waals surface area contributed by atoms with Crippen LogP contribution >= 0.6 is 23.2 Å². The molecule has 0 aliphatic heterocycles. The Morgan fingerprint density at radius 1 is 0.848 bits per heavy atom. The summed E-state index contributed by atoms with van der Waals surface area (Å²) in [4.78, 5) is 12.7. The van der Waals surface area contributed by atoms with Gasteiger partial charge in [0.1, 0.15) is 4.90 Å². The number of hydrogen-bond donors (Lipinski definition) is 2. The SMILES string of the molecule is COc1ccc(C(=O)Nc2ccc(Cl)c(S(=O)(=O)Nc3cccc(Cl)c3)c2)c(OC)c1OC. The first kappa shape index (κ1) is 24.5. The molecule has 0 aliphatic rings. The molecule has 33 heavy (non-hydrogen) atoms. The minimum absolute atomic E-state index is 0.0220. The number of rotatable bonds is 8. The number of hydrogen-bond acceptors (Lipinski definition) is 6. The van der Waals surface area contributed by atoms with Crippen LogP contribution in [0.1, 0.15) is 10.4 Å². The van der Waals surface area contributed by atoms with Gasteiger partial charge in [0.2, 0.25) is 5.75 Å². The van der Waals surface area contributed by atoms with Gasteiger partial charge in [0, 0.05) is 10.7 Å². The maximum atomic E-state index is 12.9. The summed E-state index contributed by atoms with van der Waals surface area (Å²) in [6, 6.07) is 13.4. The molecule has 0 aromatic heterocycles. The smallest absolute Gasteiger partial charge is 0.263 e. The van der Waals surface area contributed by atoms with Crippen LogP contribution in [0.2, 0.25) is 10.0 Å². The minimum Gasteiger partial charge on any atom is -0.493 e. The van der Waals surface area contributed by atoms with Crippen molar-refractivity contribution in [2.24, 2.45) is 0 Å². The van der Waals surface area contributed by atoms with Crippen molar-refractivity contribution in [1.29, 1.82) is 0 Å². The predicted molar refractivity (Wildman–Crippen MR) is 128 cm³/mol. The lowest BCUT2D eigenvalue weighted by Gasteiger charge is -2.16. The number of ether oxygens (including phenoxy) is 3. The van der Waals surface area contributed by atoms with Crippen LogP contribution in [-0.4, -0.2) is 35.7 Å². The summed E-state index contributed by atoms with van der Waals surface area (Å²) < 4.78 is 44.1. The van der Waals surface area contributed by atoms with Crippen molar-refractivity contribution >= 4 is 50.5 Å². The van der Waals surface area contributed by atoms with Gasteiger partial charge in [0.15, 0.2) is 11.5 Å². The molecule has 11 heteroatoms. The third kappa shape index (κ3) is 5.44. The summed E-state index contributed by atoms with van der Waals surface area (Å²) in [7, 11) is 0.206. The number of amides is 1. The molecule has 0 radical (unpaired) electrons. The average molecular weight is 511 g/mol. The molecular weight excluding hydrogens is 491 g/mol. The zero-order valence-electron chi connectivity index (χ0n) is 17.8. The molecule has 8 nitrogen and oxygen atoms in total. The Morgan fingerprint density at radius 3 is 2.21 bits per heavy atom. The highest BCUT2D eigenvalue weighted by atomic mass is 35.5. The Kier molecular flexibility index (Phi) is 7.57. The highest BCUT2D eigenvalue weighted by molar-refractivity contribution is 7.92. The van der Waals surface area contributed by atoms with E-state index in [1.807, 2.05) is 0 Å². The molecular formula is C22H20Cl2N2O6S. The molecule has 0 saturated heterocycles. The van der Waals surface area contributed by atoms with E-state index in [1.165, 1.54) is 51.7 Å². The van der Waals surface area contributed by atoms with Crippen molar-refractivity contribution in [3.63, 3.8) is 0 Å². The van der Waals surface area contributed by atoms with E-state index >= 15 is 0 Å². The van der Waals surface area contributed by atoms with Crippen LogP contribution in [0.5, 0.6) is 17.2 Å². The lowest BCUT2D eigenvalue weighted by Crippen LogP contribution is -2.16. The molecule has 0 fully saturated rings. The fourth-order valence-corrected chi connectivity index (χ4v) is 4.79. The molecule has 174 valence electrons. The standard InChI is InChI=1S/C22H20Cl2N2O6S/c1-30-18-10-8-16(20(31-2)21(18)32-3)22(27)25-14-7-9-17(24)19(12-14)33(28,29)26-15-6-4-5-13(23)11-15/h4-12,26H,1-3H3,(H,25,27). The molecule has 3 aromatic rings. The Balaban J connectivity index is 1.92. The second kappa shape index (κ2) is 10.2. The summed E-state index contributed by atoms with van der Waals surface area (Å²) in [6.07, 6.45) is 0. The van der Waals surface area contributed by atoms with E-state index in [0.717, 1.165) is 0 Å². The van der Waals surface area contributed by atoms with E-state index in [1.54, 1.807) is 24.3 Å². The summed E-state index contributed by atoms with van der Waals surface area (Å²) >= 11 is 12.1. The Bertz CT molecular complexity index is 1300. The molecule has 0 spiro atoms. The van der Waals surface area contributed by atoms with Crippen LogP contribution in [0, 0.1) is 0 Å². The van der Waals surface area contributed by atoms with Gasteiger partial charge < -0.3 is 19.5 Å². The zero-order chi connectivity index (χ0) is 24.2. The Hall–Kier alpha value is -3.14. The van der Waals surface area contributed by atoms with Crippen LogP contribution in [-0.2, 0) is 10.0 Å². The van der Waals surface area contributed by atoms with Crippen molar-refractivity contribution in [2.45, 2.75) is 4.90 Å². The molecule has 0 saturated carbocycles. The third-order valence-electron chi connectivity index (χ3n) is 4.50. The zero-order valence-corrected chi connectivity index (χ0v) is 20.1. The predicted octanol–water partition coefficient (Wildman–Crippen LogP) is 5.07. The van der Waals surface area contributed by atoms with Crippen molar-refractivity contribution < 1.29 is 27.4 Å². The van der Waals surface area contributed by atoms with Crippen LogP contribution in [0.25, 0.3) is 0 Å². The second-order valence-electron chi connectivity index (χ2n) is 6.60. The highest BCUT2D eigenvalue weighted by Gasteiger charge is 2.23. The first-order valence-electron chi connectivity index (χ1n) is 9.38. The fraction of sp³-hybridized carbons (Fsp3) is 0.136. The second-order valence-corrected chi connectivity index (χ2v) is 9.09. The maximum Gasteiger partial charge on any atom is 0.263 e. The summed E-state index contributed by atoms with van der Waals surface area (Å²) in [5, 5.41) is 2.99. The van der Waals surface area contributed by atoms with Gasteiger partial charge in [-0.1, -0.05) is 29.3 Å². The monoisotopic (exact) mass is 510 g/mol. The van der Waals surface area contributed by atoms with Gasteiger partial charge in [-0.05, 0) is 48.5 Å². The molecule has 1 amide bonds. The molecule has 0 bridgehead atoms. The molecule has 0 heterocycles. The van der Waals surface area contributed by atoms with Gasteiger partial charge in [0.25, 0.3) is 15.9 Å². The number of halogens is 2. The van der Waals surface area contributed by atoms with Gasteiger partial charge in [-0.3, -0.25) is 9.52 Å². The van der Waals surface area contributed by atoms with Gasteiger partial charge in [0.05, 0.1) is 37.6 Å². The number of nitrogens with one attached hydrogen (secondary N) is 2. The van der Waals surface area contributed by atoms with Crippen LogP contribution in [0.4, 0.5) is 11.4 Å². The van der Waals surface area contributed by atoms with E-state index < -0.39 is 15.9 Å². The van der Waals surface area contributed by atoms with E-state index in [4.69, 9.17) is 37.4 Å². The molecule has 3 aromatic carbocycles. The molecule has 0 aliphatic carbocycles. The number of carbonyl (C=O) groups is 1. The summed E-state index contributed by atoms with van der Waals surface area (Å²) in [6.45, 7) is 0. The van der Waals surface area contributed by atoms with Gasteiger partial charge in [-0.25, -0.2) is 8.42 Å². The van der Waals surface area contributed by atoms with Gasteiger partial charge in [-0.15, -0.1) is 0 Å².